The van der Waals surface area contributed by atoms with Crippen LogP contribution in [0.2, 0.25) is 0 Å². The van der Waals surface area contributed by atoms with E-state index in [-0.39, 0.29) is 10.8 Å². The zero-order valence-electron chi connectivity index (χ0n) is 16.7. The van der Waals surface area contributed by atoms with E-state index in [0.29, 0.717) is 0 Å². The molecule has 0 spiro atoms. The van der Waals surface area contributed by atoms with E-state index in [4.69, 9.17) is 0 Å². The van der Waals surface area contributed by atoms with E-state index in [1.807, 2.05) is 6.07 Å². The molecule has 0 atom stereocenters. The molecule has 1 aliphatic carbocycles. The maximum absolute atomic E-state index is 3.30. The normalized spacial score (nSPS) is 18.7. The maximum atomic E-state index is 3.30. The number of benzene rings is 2. The fourth-order valence-corrected chi connectivity index (χ4v) is 4.00. The maximum Gasteiger partial charge on any atom is -0.0100 e. The van der Waals surface area contributed by atoms with Gasteiger partial charge < -0.3 is 0 Å². The van der Waals surface area contributed by atoms with Gasteiger partial charge in [-0.1, -0.05) is 77.1 Å². The predicted octanol–water partition coefficient (Wildman–Crippen LogP) is 6.96. The van der Waals surface area contributed by atoms with Crippen molar-refractivity contribution in [3.63, 3.8) is 0 Å². The van der Waals surface area contributed by atoms with Gasteiger partial charge in [0.05, 0.1) is 0 Å². The van der Waals surface area contributed by atoms with Crippen LogP contribution in [0.25, 0.3) is 11.6 Å². The average molecular weight is 332 g/mol. The molecule has 0 aromatic heterocycles. The fourth-order valence-electron chi connectivity index (χ4n) is 4.00. The van der Waals surface area contributed by atoms with Crippen LogP contribution in [0.1, 0.15) is 82.2 Å². The van der Waals surface area contributed by atoms with Crippen molar-refractivity contribution in [3.05, 3.63) is 70.3 Å². The lowest BCUT2D eigenvalue weighted by atomic mass is 9.63. The Kier molecular flexibility index (Phi) is 4.66. The molecule has 1 aliphatic rings. The van der Waals surface area contributed by atoms with Gasteiger partial charge >= 0.3 is 0 Å². The lowest BCUT2D eigenvalue weighted by Crippen LogP contribution is -2.33. The quantitative estimate of drug-likeness (QED) is 0.533. The van der Waals surface area contributed by atoms with Gasteiger partial charge in [0.1, 0.15) is 0 Å². The second-order valence-corrected chi connectivity index (χ2v) is 8.86. The van der Waals surface area contributed by atoms with Crippen molar-refractivity contribution in [1.82, 2.24) is 0 Å². The molecule has 0 heterocycles. The molecule has 0 saturated heterocycles. The summed E-state index contributed by atoms with van der Waals surface area (Å²) in [4.78, 5) is 0. The zero-order valence-corrected chi connectivity index (χ0v) is 16.7. The Morgan fingerprint density at radius 1 is 1.00 bits per heavy atom. The van der Waals surface area contributed by atoms with Crippen LogP contribution < -0.4 is 0 Å². The van der Waals surface area contributed by atoms with Crippen molar-refractivity contribution in [3.8, 4) is 0 Å². The van der Waals surface area contributed by atoms with Gasteiger partial charge in [0.25, 0.3) is 0 Å². The highest BCUT2D eigenvalue weighted by Gasteiger charge is 2.36. The van der Waals surface area contributed by atoms with Crippen LogP contribution in [-0.4, -0.2) is 0 Å². The summed E-state index contributed by atoms with van der Waals surface area (Å²) in [6.45, 7) is 14.0. The predicted molar refractivity (Wildman–Crippen MR) is 110 cm³/mol. The van der Waals surface area contributed by atoms with E-state index in [1.165, 1.54) is 46.2 Å². The molecule has 2 aromatic carbocycles. The first-order valence-corrected chi connectivity index (χ1v) is 9.57. The number of hydrogen-bond donors (Lipinski definition) is 0. The molecular formula is C25H31. The first kappa shape index (κ1) is 18.0. The first-order chi connectivity index (χ1) is 11.7. The summed E-state index contributed by atoms with van der Waals surface area (Å²) in [7, 11) is 0. The molecule has 1 radical (unpaired) electrons. The summed E-state index contributed by atoms with van der Waals surface area (Å²) in [6.07, 6.45) is 5.85. The molecule has 2 aromatic rings. The molecular weight excluding hydrogens is 300 g/mol. The highest BCUT2D eigenvalue weighted by molar-refractivity contribution is 5.80. The Labute approximate surface area is 154 Å². The van der Waals surface area contributed by atoms with Gasteiger partial charge in [0.2, 0.25) is 0 Å². The average Bonchev–Trinajstić information content (AvgIpc) is 2.59. The van der Waals surface area contributed by atoms with Crippen molar-refractivity contribution in [2.45, 2.75) is 71.6 Å². The van der Waals surface area contributed by atoms with Crippen molar-refractivity contribution in [1.29, 1.82) is 0 Å². The Hall–Kier alpha value is -1.82. The Bertz CT molecular complexity index is 803. The molecule has 131 valence electrons. The van der Waals surface area contributed by atoms with E-state index in [0.717, 1.165) is 6.42 Å². The molecule has 0 aliphatic heterocycles. The van der Waals surface area contributed by atoms with Crippen LogP contribution in [0.5, 0.6) is 0 Å². The van der Waals surface area contributed by atoms with E-state index >= 15 is 0 Å². The van der Waals surface area contributed by atoms with Crippen molar-refractivity contribution >= 4 is 11.6 Å². The monoisotopic (exact) mass is 331 g/mol. The number of rotatable bonds is 3. The lowest BCUT2D eigenvalue weighted by molar-refractivity contribution is 0.332. The van der Waals surface area contributed by atoms with Gasteiger partial charge in [-0.05, 0) is 76.5 Å². The summed E-state index contributed by atoms with van der Waals surface area (Å²) >= 11 is 0. The van der Waals surface area contributed by atoms with Crippen molar-refractivity contribution in [2.24, 2.45) is 0 Å². The van der Waals surface area contributed by atoms with Gasteiger partial charge in [-0.2, -0.15) is 0 Å². The molecule has 0 fully saturated rings. The molecule has 0 amide bonds. The van der Waals surface area contributed by atoms with Crippen LogP contribution in [0, 0.1) is 6.07 Å². The number of hydrogen-bond acceptors (Lipinski definition) is 0. The van der Waals surface area contributed by atoms with Gasteiger partial charge in [-0.15, -0.1) is 0 Å². The highest BCUT2D eigenvalue weighted by Crippen LogP contribution is 2.46. The van der Waals surface area contributed by atoms with Crippen LogP contribution >= 0.6 is 0 Å². The number of aryl methyl sites for hydroxylation is 1. The molecule has 0 N–H and O–H groups in total. The topological polar surface area (TPSA) is 0 Å². The summed E-state index contributed by atoms with van der Waals surface area (Å²) in [5.74, 6) is 0. The third kappa shape index (κ3) is 3.59. The first-order valence-electron chi connectivity index (χ1n) is 9.57. The molecule has 0 saturated carbocycles. The van der Waals surface area contributed by atoms with Crippen LogP contribution in [0.15, 0.2) is 36.4 Å². The number of allylic oxidation sites excluding steroid dienone is 1. The summed E-state index contributed by atoms with van der Waals surface area (Å²) < 4.78 is 0. The van der Waals surface area contributed by atoms with Gasteiger partial charge in [0.15, 0.2) is 0 Å². The molecule has 3 rings (SSSR count). The minimum absolute atomic E-state index is 0.262. The molecule has 0 heteroatoms. The van der Waals surface area contributed by atoms with E-state index in [2.05, 4.69) is 84.0 Å². The number of fused-ring (bicyclic) bond motifs is 1. The molecule has 0 nitrogen and oxygen atoms in total. The highest BCUT2D eigenvalue weighted by atomic mass is 14.4. The van der Waals surface area contributed by atoms with Gasteiger partial charge in [0, 0.05) is 0 Å². The van der Waals surface area contributed by atoms with Gasteiger partial charge in [-0.3, -0.25) is 0 Å². The van der Waals surface area contributed by atoms with Crippen molar-refractivity contribution in [2.75, 3.05) is 0 Å². The summed E-state index contributed by atoms with van der Waals surface area (Å²) in [5.41, 5.74) is 8.82. The fraction of sp³-hybridized carbons (Fsp3) is 0.440. The van der Waals surface area contributed by atoms with Crippen LogP contribution in [0.3, 0.4) is 0 Å². The second-order valence-electron chi connectivity index (χ2n) is 8.86. The summed E-state index contributed by atoms with van der Waals surface area (Å²) in [5, 5.41) is 0. The SMILES string of the molecule is CCc1[c]ccc(C=C(C)c2ccc3c(c2)C(C)(C)CCC3(C)C)c1. The van der Waals surface area contributed by atoms with E-state index in [9.17, 15) is 0 Å². The van der Waals surface area contributed by atoms with Crippen LogP contribution in [-0.2, 0) is 17.3 Å². The minimum atomic E-state index is 0.262. The Balaban J connectivity index is 2.02. The molecule has 0 unspecified atom stereocenters. The lowest BCUT2D eigenvalue weighted by Gasteiger charge is -2.42. The largest absolute Gasteiger partial charge is 0.0613 e. The van der Waals surface area contributed by atoms with Crippen LogP contribution in [0.4, 0.5) is 0 Å². The smallest absolute Gasteiger partial charge is 0.0100 e. The summed E-state index contributed by atoms with van der Waals surface area (Å²) in [6, 6.07) is 16.9. The molecule has 25 heavy (non-hydrogen) atoms. The van der Waals surface area contributed by atoms with E-state index < -0.39 is 0 Å². The zero-order chi connectivity index (χ0) is 18.2. The second kappa shape index (κ2) is 6.48. The van der Waals surface area contributed by atoms with E-state index in [1.54, 1.807) is 0 Å². The third-order valence-corrected chi connectivity index (χ3v) is 5.96. The Morgan fingerprint density at radius 2 is 1.68 bits per heavy atom. The van der Waals surface area contributed by atoms with Crippen molar-refractivity contribution < 1.29 is 0 Å². The standard InChI is InChI=1S/C25H31/c1-7-19-9-8-10-20(16-19)15-18(2)21-11-12-22-23(17-21)25(5,6)14-13-24(22,3)4/h8,10-12,15-17H,7,13-14H2,1-6H3. The third-order valence-electron chi connectivity index (χ3n) is 5.96. The van der Waals surface area contributed by atoms with Gasteiger partial charge in [-0.25, -0.2) is 0 Å². The minimum Gasteiger partial charge on any atom is -0.0613 e. The molecule has 0 bridgehead atoms. The Morgan fingerprint density at radius 3 is 2.36 bits per heavy atom.